The van der Waals surface area contributed by atoms with Gasteiger partial charge in [-0.25, -0.2) is 0 Å². The van der Waals surface area contributed by atoms with E-state index in [1.165, 1.54) is 0 Å². The van der Waals surface area contributed by atoms with E-state index >= 15 is 0 Å². The minimum absolute atomic E-state index is 0.0658. The fourth-order valence-corrected chi connectivity index (χ4v) is 0.962. The number of ether oxygens (including phenoxy) is 2. The van der Waals surface area contributed by atoms with Crippen LogP contribution in [0.4, 0.5) is 0 Å². The summed E-state index contributed by atoms with van der Waals surface area (Å²) in [4.78, 5) is 10.8. The molecule has 1 rings (SSSR count). The monoisotopic (exact) mass is 277 g/mol. The van der Waals surface area contributed by atoms with Gasteiger partial charge in [0.1, 0.15) is 0 Å². The van der Waals surface area contributed by atoms with Crippen molar-refractivity contribution in [3.63, 3.8) is 0 Å². The number of aromatic nitrogens is 3. The van der Waals surface area contributed by atoms with E-state index in [1.54, 1.807) is 0 Å². The van der Waals surface area contributed by atoms with Crippen molar-refractivity contribution in [1.82, 2.24) is 15.0 Å². The van der Waals surface area contributed by atoms with Crippen LogP contribution in [0.15, 0.2) is 0 Å². The van der Waals surface area contributed by atoms with Crippen LogP contribution < -0.4 is 9.47 Å². The molecule has 1 aromatic heterocycles. The lowest BCUT2D eigenvalue weighted by molar-refractivity contribution is 0.301. The van der Waals surface area contributed by atoms with Gasteiger partial charge in [-0.15, -0.1) is 4.98 Å². The third kappa shape index (κ3) is 3.88. The summed E-state index contributed by atoms with van der Waals surface area (Å²) in [5, 5.41) is -1.21. The summed E-state index contributed by atoms with van der Waals surface area (Å²) in [7, 11) is 0. The maximum Gasteiger partial charge on any atom is 0.326 e. The second-order valence-corrected chi connectivity index (χ2v) is 3.37. The van der Waals surface area contributed by atoms with Gasteiger partial charge in [0.25, 0.3) is 5.02 Å². The maximum atomic E-state index is 5.52. The zero-order valence-corrected chi connectivity index (χ0v) is 9.48. The molecule has 0 aliphatic carbocycles. The third-order valence-corrected chi connectivity index (χ3v) is 1.40. The van der Waals surface area contributed by atoms with E-state index in [1.807, 2.05) is 0 Å². The molecule has 0 saturated carbocycles. The summed E-state index contributed by atoms with van der Waals surface area (Å²) in [6.45, 7) is 0. The van der Waals surface area contributed by atoms with Gasteiger partial charge in [-0.2, -0.15) is 9.97 Å². The Kier molecular flexibility index (Phi) is 4.74. The van der Waals surface area contributed by atoms with Gasteiger partial charge in [0.15, 0.2) is 6.07 Å². The Balaban J connectivity index is 2.83. The molecule has 0 spiro atoms. The number of nitrogens with zero attached hydrogens (tertiary/aromatic N) is 3. The minimum atomic E-state index is -1.10. The fourth-order valence-electron chi connectivity index (χ4n) is 0.560. The average Bonchev–Trinajstić information content (AvgIpc) is 2.01. The molecule has 9 heteroatoms. The molecule has 0 fully saturated rings. The topological polar surface area (TPSA) is 57.1 Å². The Morgan fingerprint density at radius 1 is 1.14 bits per heavy atom. The largest absolute Gasteiger partial charge is 0.447 e. The predicted octanol–water partition coefficient (Wildman–Crippen LogP) is 2.24. The molecule has 0 aromatic carbocycles. The third-order valence-electron chi connectivity index (χ3n) is 0.945. The molecule has 0 amide bonds. The highest BCUT2D eigenvalue weighted by Gasteiger charge is 2.09. The molecule has 0 atom stereocenters. The van der Waals surface area contributed by atoms with Crippen molar-refractivity contribution < 1.29 is 9.47 Å². The van der Waals surface area contributed by atoms with Crippen LogP contribution in [0, 0.1) is 0 Å². The first-order valence-electron chi connectivity index (χ1n) is 3.17. The standard InChI is InChI=1S/C5H3Cl4N3O2/c6-1-13-4-10-3(9)11-5(12-4)14-2(7)8/h2H,1H2. The Labute approximate surface area is 99.3 Å². The van der Waals surface area contributed by atoms with Gasteiger partial charge in [0.2, 0.25) is 5.28 Å². The maximum absolute atomic E-state index is 5.52. The van der Waals surface area contributed by atoms with E-state index in [4.69, 9.17) is 55.9 Å². The number of rotatable bonds is 4. The van der Waals surface area contributed by atoms with Gasteiger partial charge in [0, 0.05) is 0 Å². The number of alkyl halides is 3. The fraction of sp³-hybridized carbons (Fsp3) is 0.400. The van der Waals surface area contributed by atoms with E-state index in [2.05, 4.69) is 15.0 Å². The summed E-state index contributed by atoms with van der Waals surface area (Å²) in [6, 6.07) is -0.325. The molecule has 5 nitrogen and oxygen atoms in total. The summed E-state index contributed by atoms with van der Waals surface area (Å²) in [6.07, 6.45) is 0. The van der Waals surface area contributed by atoms with Crippen molar-refractivity contribution in [2.45, 2.75) is 5.02 Å². The molecule has 0 aliphatic rings. The SMILES string of the molecule is ClCOc1nc(Cl)nc(OC(Cl)Cl)n1. The molecular weight excluding hydrogens is 276 g/mol. The predicted molar refractivity (Wildman–Crippen MR) is 52.3 cm³/mol. The van der Waals surface area contributed by atoms with Crippen LogP contribution in [0.2, 0.25) is 5.28 Å². The quantitative estimate of drug-likeness (QED) is 0.791. The van der Waals surface area contributed by atoms with E-state index < -0.39 is 5.02 Å². The molecule has 0 bridgehead atoms. The first kappa shape index (κ1) is 11.8. The molecule has 0 saturated heterocycles. The number of hydrogen-bond donors (Lipinski definition) is 0. The first-order chi connectivity index (χ1) is 6.61. The Morgan fingerprint density at radius 3 is 2.36 bits per heavy atom. The van der Waals surface area contributed by atoms with Gasteiger partial charge in [-0.3, -0.25) is 0 Å². The normalized spacial score (nSPS) is 10.4. The van der Waals surface area contributed by atoms with Crippen molar-refractivity contribution in [2.75, 3.05) is 6.07 Å². The lowest BCUT2D eigenvalue weighted by atomic mass is 10.9. The number of halogens is 4. The Bertz CT molecular complexity index is 311. The molecule has 14 heavy (non-hydrogen) atoms. The highest BCUT2D eigenvalue weighted by atomic mass is 35.5. The molecule has 0 aliphatic heterocycles. The van der Waals surface area contributed by atoms with Gasteiger partial charge in [0.05, 0.1) is 0 Å². The van der Waals surface area contributed by atoms with E-state index in [0.717, 1.165) is 0 Å². The van der Waals surface area contributed by atoms with Crippen LogP contribution in [0.5, 0.6) is 12.0 Å². The molecule has 1 aromatic rings. The van der Waals surface area contributed by atoms with Crippen LogP contribution in [0.25, 0.3) is 0 Å². The highest BCUT2D eigenvalue weighted by Crippen LogP contribution is 2.16. The number of hydrogen-bond acceptors (Lipinski definition) is 5. The zero-order chi connectivity index (χ0) is 10.6. The van der Waals surface area contributed by atoms with Gasteiger partial charge >= 0.3 is 12.0 Å². The van der Waals surface area contributed by atoms with Crippen molar-refractivity contribution in [2.24, 2.45) is 0 Å². The van der Waals surface area contributed by atoms with Crippen LogP contribution in [-0.2, 0) is 0 Å². The van der Waals surface area contributed by atoms with Crippen molar-refractivity contribution in [1.29, 1.82) is 0 Å². The van der Waals surface area contributed by atoms with E-state index in [0.29, 0.717) is 0 Å². The molecule has 0 radical (unpaired) electrons. The van der Waals surface area contributed by atoms with Gasteiger partial charge in [-0.05, 0) is 11.6 Å². The van der Waals surface area contributed by atoms with Crippen molar-refractivity contribution in [3.05, 3.63) is 5.28 Å². The Morgan fingerprint density at radius 2 is 1.79 bits per heavy atom. The van der Waals surface area contributed by atoms with Crippen molar-refractivity contribution >= 4 is 46.4 Å². The lowest BCUT2D eigenvalue weighted by Crippen LogP contribution is -2.06. The summed E-state index contributed by atoms with van der Waals surface area (Å²) in [5.41, 5.74) is 0. The van der Waals surface area contributed by atoms with E-state index in [9.17, 15) is 0 Å². The second kappa shape index (κ2) is 5.60. The van der Waals surface area contributed by atoms with E-state index in [-0.39, 0.29) is 23.4 Å². The van der Waals surface area contributed by atoms with Crippen molar-refractivity contribution in [3.8, 4) is 12.0 Å². The molecule has 1 heterocycles. The minimum Gasteiger partial charge on any atom is -0.447 e. The lowest BCUT2D eigenvalue weighted by Gasteiger charge is -2.05. The van der Waals surface area contributed by atoms with Gasteiger partial charge in [-0.1, -0.05) is 34.8 Å². The first-order valence-corrected chi connectivity index (χ1v) is 4.95. The zero-order valence-electron chi connectivity index (χ0n) is 6.45. The molecule has 0 unspecified atom stereocenters. The van der Waals surface area contributed by atoms with Crippen LogP contribution in [0.3, 0.4) is 0 Å². The molecular formula is C5H3Cl4N3O2. The Hall–Kier alpha value is -0.230. The smallest absolute Gasteiger partial charge is 0.326 e. The van der Waals surface area contributed by atoms with Gasteiger partial charge < -0.3 is 9.47 Å². The second-order valence-electron chi connectivity index (χ2n) is 1.80. The summed E-state index contributed by atoms with van der Waals surface area (Å²) in [5.74, 6) is 0. The summed E-state index contributed by atoms with van der Waals surface area (Å²) >= 11 is 21.5. The highest BCUT2D eigenvalue weighted by molar-refractivity contribution is 6.43. The molecule has 0 N–H and O–H groups in total. The van der Waals surface area contributed by atoms with Crippen LogP contribution >= 0.6 is 46.4 Å². The summed E-state index contributed by atoms with van der Waals surface area (Å²) < 4.78 is 9.50. The van der Waals surface area contributed by atoms with Crippen LogP contribution in [0.1, 0.15) is 0 Å². The van der Waals surface area contributed by atoms with Crippen LogP contribution in [-0.4, -0.2) is 26.0 Å². The average molecular weight is 279 g/mol. The molecule has 78 valence electrons.